The smallest absolute Gasteiger partial charge is 0.0442 e. The van der Waals surface area contributed by atoms with Gasteiger partial charge in [0.05, 0.1) is 0 Å². The molecule has 1 rings (SSSR count). The highest BCUT2D eigenvalue weighted by Crippen LogP contribution is 2.25. The van der Waals surface area contributed by atoms with Crippen molar-refractivity contribution in [3.05, 3.63) is 34.4 Å². The lowest BCUT2D eigenvalue weighted by molar-refractivity contribution is 0.585. The molecule has 1 aromatic rings. The van der Waals surface area contributed by atoms with Crippen LogP contribution in [0.5, 0.6) is 0 Å². The average Bonchev–Trinajstić information content (AvgIpc) is 2.36. The molecule has 3 atom stereocenters. The van der Waals surface area contributed by atoms with Gasteiger partial charge in [-0.15, -0.1) is 0 Å². The van der Waals surface area contributed by atoms with Crippen LogP contribution in [0.25, 0.3) is 0 Å². The third-order valence-electron chi connectivity index (χ3n) is 3.89. The van der Waals surface area contributed by atoms with E-state index in [1.807, 2.05) is 0 Å². The highest BCUT2D eigenvalue weighted by molar-refractivity contribution is 7.85. The summed E-state index contributed by atoms with van der Waals surface area (Å²) in [6.07, 6.45) is 0.970. The molecule has 20 heavy (non-hydrogen) atoms. The van der Waals surface area contributed by atoms with Crippen molar-refractivity contribution in [3.8, 4) is 0 Å². The minimum atomic E-state index is -0.781. The molecule has 0 saturated carbocycles. The Balaban J connectivity index is 3.05. The van der Waals surface area contributed by atoms with Gasteiger partial charge in [-0.3, -0.25) is 4.21 Å². The van der Waals surface area contributed by atoms with E-state index < -0.39 is 10.8 Å². The first-order chi connectivity index (χ1) is 9.40. The highest BCUT2D eigenvalue weighted by Gasteiger charge is 2.20. The monoisotopic (exact) mass is 295 g/mol. The Morgan fingerprint density at radius 2 is 1.70 bits per heavy atom. The average molecular weight is 295 g/mol. The van der Waals surface area contributed by atoms with Gasteiger partial charge in [0.25, 0.3) is 0 Å². The number of nitrogens with one attached hydrogen (secondary N) is 1. The van der Waals surface area contributed by atoms with Crippen LogP contribution in [0, 0.1) is 20.8 Å². The molecule has 3 unspecified atom stereocenters. The molecule has 0 aliphatic carbocycles. The summed E-state index contributed by atoms with van der Waals surface area (Å²) in [5.74, 6) is 0.702. The molecule has 1 N–H and O–H groups in total. The second-order valence-electron chi connectivity index (χ2n) is 5.69. The van der Waals surface area contributed by atoms with Crippen LogP contribution in [0.15, 0.2) is 12.1 Å². The lowest BCUT2D eigenvalue weighted by atomic mass is 9.95. The van der Waals surface area contributed by atoms with E-state index in [4.69, 9.17) is 0 Å². The van der Waals surface area contributed by atoms with Gasteiger partial charge < -0.3 is 5.32 Å². The molecule has 0 aliphatic heterocycles. The number of benzene rings is 1. The van der Waals surface area contributed by atoms with Crippen LogP contribution in [-0.2, 0) is 10.8 Å². The van der Waals surface area contributed by atoms with Crippen LogP contribution in [-0.4, -0.2) is 21.8 Å². The number of hydrogen-bond acceptors (Lipinski definition) is 2. The number of hydrogen-bond donors (Lipinski definition) is 1. The quantitative estimate of drug-likeness (QED) is 0.829. The SMILES string of the molecule is CCNC(CS(=O)C(C)CC)c1c(C)cc(C)cc1C. The normalized spacial score (nSPS) is 15.9. The summed E-state index contributed by atoms with van der Waals surface area (Å²) in [4.78, 5) is 0. The van der Waals surface area contributed by atoms with E-state index in [2.05, 4.69) is 59.0 Å². The zero-order chi connectivity index (χ0) is 15.3. The van der Waals surface area contributed by atoms with Gasteiger partial charge in [-0.05, 0) is 50.4 Å². The van der Waals surface area contributed by atoms with Crippen LogP contribution in [0.2, 0.25) is 0 Å². The fourth-order valence-corrected chi connectivity index (χ4v) is 4.06. The van der Waals surface area contributed by atoms with Gasteiger partial charge in [-0.25, -0.2) is 0 Å². The van der Waals surface area contributed by atoms with Gasteiger partial charge in [0.2, 0.25) is 0 Å². The first-order valence-electron chi connectivity index (χ1n) is 7.58. The molecular formula is C17H29NOS. The summed E-state index contributed by atoms with van der Waals surface area (Å²) in [6, 6.07) is 4.63. The first kappa shape index (κ1) is 17.4. The lowest BCUT2D eigenvalue weighted by Crippen LogP contribution is -2.30. The molecule has 0 saturated heterocycles. The molecule has 0 aliphatic rings. The van der Waals surface area contributed by atoms with E-state index in [1.54, 1.807) is 0 Å². The van der Waals surface area contributed by atoms with Gasteiger partial charge >= 0.3 is 0 Å². The van der Waals surface area contributed by atoms with Crippen molar-refractivity contribution in [1.82, 2.24) is 5.32 Å². The van der Waals surface area contributed by atoms with E-state index in [-0.39, 0.29) is 11.3 Å². The van der Waals surface area contributed by atoms with Crippen molar-refractivity contribution < 1.29 is 4.21 Å². The Morgan fingerprint density at radius 3 is 2.15 bits per heavy atom. The molecule has 2 nitrogen and oxygen atoms in total. The first-order valence-corrected chi connectivity index (χ1v) is 8.97. The Morgan fingerprint density at radius 1 is 1.15 bits per heavy atom. The maximum absolute atomic E-state index is 12.4. The van der Waals surface area contributed by atoms with E-state index in [0.29, 0.717) is 5.75 Å². The van der Waals surface area contributed by atoms with E-state index in [0.717, 1.165) is 13.0 Å². The standard InChI is InChI=1S/C17H29NOS/c1-7-15(6)20(19)11-16(18-8-2)17-13(4)9-12(3)10-14(17)5/h9-10,15-16,18H,7-8,11H2,1-6H3. The summed E-state index contributed by atoms with van der Waals surface area (Å²) in [7, 11) is -0.781. The maximum atomic E-state index is 12.4. The van der Waals surface area contributed by atoms with Crippen LogP contribution in [0.1, 0.15) is 55.5 Å². The zero-order valence-electron chi connectivity index (χ0n) is 13.7. The van der Waals surface area contributed by atoms with Crippen LogP contribution >= 0.6 is 0 Å². The lowest BCUT2D eigenvalue weighted by Gasteiger charge is -2.24. The van der Waals surface area contributed by atoms with Crippen molar-refractivity contribution in [2.24, 2.45) is 0 Å². The molecule has 0 spiro atoms. The van der Waals surface area contributed by atoms with E-state index in [1.165, 1.54) is 22.3 Å². The van der Waals surface area contributed by atoms with Gasteiger partial charge in [0, 0.05) is 27.8 Å². The van der Waals surface area contributed by atoms with Gasteiger partial charge in [-0.1, -0.05) is 38.5 Å². The summed E-state index contributed by atoms with van der Waals surface area (Å²) in [5, 5.41) is 3.78. The number of aryl methyl sites for hydroxylation is 3. The fourth-order valence-electron chi connectivity index (χ4n) is 2.75. The van der Waals surface area contributed by atoms with Crippen LogP contribution in [0.3, 0.4) is 0 Å². The topological polar surface area (TPSA) is 29.1 Å². The summed E-state index contributed by atoms with van der Waals surface area (Å²) >= 11 is 0. The Bertz CT molecular complexity index is 447. The number of rotatable bonds is 7. The molecule has 0 bridgehead atoms. The van der Waals surface area contributed by atoms with Crippen molar-refractivity contribution in [2.45, 2.75) is 59.3 Å². The Labute approximate surface area is 126 Å². The van der Waals surface area contributed by atoms with Crippen molar-refractivity contribution in [1.29, 1.82) is 0 Å². The predicted octanol–water partition coefficient (Wildman–Crippen LogP) is 3.81. The van der Waals surface area contributed by atoms with Gasteiger partial charge in [-0.2, -0.15) is 0 Å². The molecule has 114 valence electrons. The largest absolute Gasteiger partial charge is 0.309 e. The molecule has 0 radical (unpaired) electrons. The zero-order valence-corrected chi connectivity index (χ0v) is 14.6. The molecule has 0 aromatic heterocycles. The second-order valence-corrected chi connectivity index (χ2v) is 7.59. The summed E-state index contributed by atoms with van der Waals surface area (Å²) in [6.45, 7) is 13.6. The van der Waals surface area contributed by atoms with Crippen molar-refractivity contribution in [2.75, 3.05) is 12.3 Å². The minimum Gasteiger partial charge on any atom is -0.309 e. The highest BCUT2D eigenvalue weighted by atomic mass is 32.2. The molecule has 0 amide bonds. The third-order valence-corrected chi connectivity index (χ3v) is 5.78. The van der Waals surface area contributed by atoms with Crippen molar-refractivity contribution >= 4 is 10.8 Å². The van der Waals surface area contributed by atoms with E-state index in [9.17, 15) is 4.21 Å². The minimum absolute atomic E-state index is 0.190. The van der Waals surface area contributed by atoms with Gasteiger partial charge in [0.1, 0.15) is 0 Å². The van der Waals surface area contributed by atoms with Crippen LogP contribution in [0.4, 0.5) is 0 Å². The van der Waals surface area contributed by atoms with E-state index >= 15 is 0 Å². The second kappa shape index (κ2) is 7.94. The molecule has 1 aromatic carbocycles. The predicted molar refractivity (Wildman–Crippen MR) is 89.8 cm³/mol. The summed E-state index contributed by atoms with van der Waals surface area (Å²) in [5.41, 5.74) is 5.22. The Kier molecular flexibility index (Phi) is 6.90. The van der Waals surface area contributed by atoms with Crippen LogP contribution < -0.4 is 5.32 Å². The maximum Gasteiger partial charge on any atom is 0.0442 e. The third kappa shape index (κ3) is 4.42. The molecule has 0 heterocycles. The Hall–Kier alpha value is -0.670. The summed E-state index contributed by atoms with van der Waals surface area (Å²) < 4.78 is 12.4. The molecule has 3 heteroatoms. The van der Waals surface area contributed by atoms with Gasteiger partial charge in [0.15, 0.2) is 0 Å². The fraction of sp³-hybridized carbons (Fsp3) is 0.647. The molecule has 0 fully saturated rings. The van der Waals surface area contributed by atoms with Crippen molar-refractivity contribution in [3.63, 3.8) is 0 Å². The molecular weight excluding hydrogens is 266 g/mol.